The predicted octanol–water partition coefficient (Wildman–Crippen LogP) is 3.79. The molecule has 1 unspecified atom stereocenters. The maximum absolute atomic E-state index is 13.9. The highest BCUT2D eigenvalue weighted by Gasteiger charge is 2.40. The third-order valence-electron chi connectivity index (χ3n) is 7.19. The molecule has 0 bridgehead atoms. The van der Waals surface area contributed by atoms with Crippen molar-refractivity contribution < 1.29 is 18.0 Å². The number of rotatable bonds is 6. The van der Waals surface area contributed by atoms with Crippen LogP contribution in [0.5, 0.6) is 0 Å². The summed E-state index contributed by atoms with van der Waals surface area (Å²) < 4.78 is 42.3. The van der Waals surface area contributed by atoms with Gasteiger partial charge in [-0.05, 0) is 55.0 Å². The second-order valence-corrected chi connectivity index (χ2v) is 9.73. The van der Waals surface area contributed by atoms with Gasteiger partial charge in [0, 0.05) is 55.5 Å². The summed E-state index contributed by atoms with van der Waals surface area (Å²) in [7, 11) is 1.70. The molecular weight excluding hydrogens is 457 g/mol. The van der Waals surface area contributed by atoms with E-state index in [-0.39, 0.29) is 35.9 Å². The number of carbonyl (C=O) groups is 1. The van der Waals surface area contributed by atoms with Crippen molar-refractivity contribution in [2.24, 2.45) is 13.0 Å². The summed E-state index contributed by atoms with van der Waals surface area (Å²) in [6.45, 7) is 0.479. The number of carbonyl (C=O) groups excluding carboxylic acids is 1. The van der Waals surface area contributed by atoms with Gasteiger partial charge < -0.3 is 19.4 Å². The molecule has 9 heteroatoms. The molecule has 1 amide bonds. The third kappa shape index (κ3) is 5.00. The molecule has 5 rings (SSSR count). The van der Waals surface area contributed by atoms with Crippen LogP contribution in [-0.2, 0) is 24.9 Å². The van der Waals surface area contributed by atoms with E-state index in [1.807, 2.05) is 23.1 Å². The van der Waals surface area contributed by atoms with Gasteiger partial charge in [-0.1, -0.05) is 18.2 Å². The highest BCUT2D eigenvalue weighted by molar-refractivity contribution is 5.85. The van der Waals surface area contributed by atoms with E-state index >= 15 is 0 Å². The van der Waals surface area contributed by atoms with Gasteiger partial charge in [-0.2, -0.15) is 13.2 Å². The monoisotopic (exact) mass is 486 g/mol. The van der Waals surface area contributed by atoms with Gasteiger partial charge in [-0.25, -0.2) is 0 Å². The topological polar surface area (TPSA) is 59.3 Å². The summed E-state index contributed by atoms with van der Waals surface area (Å²) in [5.74, 6) is -0.413. The van der Waals surface area contributed by atoms with Crippen LogP contribution in [0.15, 0.2) is 53.6 Å². The van der Waals surface area contributed by atoms with Crippen LogP contribution in [0.2, 0.25) is 0 Å². The molecule has 1 saturated carbocycles. The van der Waals surface area contributed by atoms with E-state index in [0.29, 0.717) is 12.1 Å². The van der Waals surface area contributed by atoms with Crippen molar-refractivity contribution in [2.45, 2.75) is 50.5 Å². The molecule has 2 aliphatic rings. The number of aromatic nitrogens is 2. The number of fused-ring (bicyclic) bond motifs is 1. The number of amides is 1. The van der Waals surface area contributed by atoms with Crippen LogP contribution in [0.1, 0.15) is 36.3 Å². The first-order chi connectivity index (χ1) is 16.7. The first-order valence-corrected chi connectivity index (χ1v) is 12.0. The standard InChI is InChI=1S/C26H29F3N4O2/c1-31-11-9-17(12-24(31)34)20-8-10-30-13-22(20)25(35)33(19-6-7-19)15-18-14-32(16-26(27,28)29)23-5-3-2-4-21(18)23/h2-5,9,11-12,14,19-20,22,30H,6-8,10,13,15-16H2,1H3/t20?,22-/m0/s1. The minimum atomic E-state index is -4.33. The van der Waals surface area contributed by atoms with Crippen molar-refractivity contribution >= 4 is 16.8 Å². The second kappa shape index (κ2) is 9.18. The zero-order chi connectivity index (χ0) is 24.7. The van der Waals surface area contributed by atoms with E-state index in [1.54, 1.807) is 37.6 Å². The van der Waals surface area contributed by atoms with Gasteiger partial charge in [0.1, 0.15) is 6.54 Å². The van der Waals surface area contributed by atoms with E-state index < -0.39 is 12.7 Å². The number of alkyl halides is 3. The molecule has 3 heterocycles. The number of para-hydroxylation sites is 1. The highest BCUT2D eigenvalue weighted by Crippen LogP contribution is 2.37. The van der Waals surface area contributed by atoms with Crippen molar-refractivity contribution in [3.8, 4) is 0 Å². The van der Waals surface area contributed by atoms with Crippen molar-refractivity contribution in [3.63, 3.8) is 0 Å². The number of hydrogen-bond acceptors (Lipinski definition) is 3. The van der Waals surface area contributed by atoms with Gasteiger partial charge >= 0.3 is 6.18 Å². The molecule has 2 atom stereocenters. The summed E-state index contributed by atoms with van der Waals surface area (Å²) in [5.41, 5.74) is 1.99. The lowest BCUT2D eigenvalue weighted by atomic mass is 9.80. The van der Waals surface area contributed by atoms with Crippen LogP contribution in [0.25, 0.3) is 10.9 Å². The Morgan fingerprint density at radius 1 is 1.17 bits per heavy atom. The van der Waals surface area contributed by atoms with Crippen molar-refractivity contribution in [3.05, 3.63) is 70.3 Å². The van der Waals surface area contributed by atoms with Crippen molar-refractivity contribution in [1.29, 1.82) is 0 Å². The van der Waals surface area contributed by atoms with E-state index in [9.17, 15) is 22.8 Å². The Balaban J connectivity index is 1.45. The first kappa shape index (κ1) is 23.7. The Morgan fingerprint density at radius 3 is 2.66 bits per heavy atom. The molecule has 3 aromatic rings. The SMILES string of the molecule is Cn1ccc(C2CCNC[C@@H]2C(=O)N(Cc2cn(CC(F)(F)F)c3ccccc23)C2CC2)cc1=O. The molecule has 1 aliphatic heterocycles. The lowest BCUT2D eigenvalue weighted by molar-refractivity contribution is -0.140. The average molecular weight is 487 g/mol. The summed E-state index contributed by atoms with van der Waals surface area (Å²) in [4.78, 5) is 28.0. The molecule has 35 heavy (non-hydrogen) atoms. The number of halogens is 3. The summed E-state index contributed by atoms with van der Waals surface area (Å²) in [5, 5.41) is 4.06. The minimum Gasteiger partial charge on any atom is -0.338 e. The van der Waals surface area contributed by atoms with E-state index in [1.165, 1.54) is 9.13 Å². The van der Waals surface area contributed by atoms with Gasteiger partial charge in [0.25, 0.3) is 5.56 Å². The van der Waals surface area contributed by atoms with Crippen molar-refractivity contribution in [2.75, 3.05) is 13.1 Å². The van der Waals surface area contributed by atoms with E-state index in [2.05, 4.69) is 5.32 Å². The maximum Gasteiger partial charge on any atom is 0.406 e. The molecule has 1 aromatic carbocycles. The number of hydrogen-bond donors (Lipinski definition) is 1. The second-order valence-electron chi connectivity index (χ2n) is 9.73. The number of piperidine rings is 1. The third-order valence-corrected chi connectivity index (χ3v) is 7.19. The molecule has 1 aliphatic carbocycles. The molecule has 1 N–H and O–H groups in total. The zero-order valence-electron chi connectivity index (χ0n) is 19.6. The molecule has 6 nitrogen and oxygen atoms in total. The Hall–Kier alpha value is -3.07. The Labute approximate surface area is 201 Å². The fourth-order valence-corrected chi connectivity index (χ4v) is 5.25. The van der Waals surface area contributed by atoms with E-state index in [0.717, 1.165) is 42.3 Å². The summed E-state index contributed by atoms with van der Waals surface area (Å²) in [6, 6.07) is 10.7. The number of pyridine rings is 1. The molecule has 0 radical (unpaired) electrons. The van der Waals surface area contributed by atoms with Gasteiger partial charge in [0.2, 0.25) is 5.91 Å². The molecule has 2 fully saturated rings. The predicted molar refractivity (Wildman–Crippen MR) is 127 cm³/mol. The maximum atomic E-state index is 13.9. The lowest BCUT2D eigenvalue weighted by Crippen LogP contribution is -2.47. The van der Waals surface area contributed by atoms with Gasteiger partial charge in [-0.15, -0.1) is 0 Å². The highest BCUT2D eigenvalue weighted by atomic mass is 19.4. The molecule has 2 aromatic heterocycles. The smallest absolute Gasteiger partial charge is 0.338 e. The molecular formula is C26H29F3N4O2. The van der Waals surface area contributed by atoms with Crippen LogP contribution in [0.3, 0.4) is 0 Å². The lowest BCUT2D eigenvalue weighted by Gasteiger charge is -2.35. The zero-order valence-corrected chi connectivity index (χ0v) is 19.6. The largest absolute Gasteiger partial charge is 0.406 e. The van der Waals surface area contributed by atoms with Gasteiger partial charge in [-0.3, -0.25) is 9.59 Å². The van der Waals surface area contributed by atoms with E-state index in [4.69, 9.17) is 0 Å². The fourth-order valence-electron chi connectivity index (χ4n) is 5.25. The summed E-state index contributed by atoms with van der Waals surface area (Å²) in [6.07, 6.45) is 1.47. The minimum absolute atomic E-state index is 0.00182. The van der Waals surface area contributed by atoms with Crippen molar-refractivity contribution in [1.82, 2.24) is 19.4 Å². The Kier molecular flexibility index (Phi) is 6.21. The number of aryl methyl sites for hydroxylation is 1. The molecule has 0 spiro atoms. The van der Waals surface area contributed by atoms with Crippen LogP contribution >= 0.6 is 0 Å². The Morgan fingerprint density at radius 2 is 1.94 bits per heavy atom. The normalized spacial score (nSPS) is 20.8. The first-order valence-electron chi connectivity index (χ1n) is 12.0. The quantitative estimate of drug-likeness (QED) is 0.577. The number of nitrogens with zero attached hydrogens (tertiary/aromatic N) is 3. The molecule has 186 valence electrons. The Bertz CT molecular complexity index is 1290. The van der Waals surface area contributed by atoms with Crippen LogP contribution in [0, 0.1) is 5.92 Å². The van der Waals surface area contributed by atoms with Gasteiger partial charge in [0.05, 0.1) is 5.92 Å². The number of benzene rings is 1. The summed E-state index contributed by atoms with van der Waals surface area (Å²) >= 11 is 0. The average Bonchev–Trinajstić information content (AvgIpc) is 3.62. The fraction of sp³-hybridized carbons (Fsp3) is 0.462. The number of nitrogens with one attached hydrogen (secondary N) is 1. The van der Waals surface area contributed by atoms with Crippen LogP contribution in [0.4, 0.5) is 13.2 Å². The van der Waals surface area contributed by atoms with Crippen LogP contribution in [-0.4, -0.2) is 45.2 Å². The van der Waals surface area contributed by atoms with Crippen LogP contribution < -0.4 is 10.9 Å². The van der Waals surface area contributed by atoms with Gasteiger partial charge in [0.15, 0.2) is 0 Å². The molecule has 1 saturated heterocycles.